The number of benzene rings is 1. The second-order valence-corrected chi connectivity index (χ2v) is 8.61. The third-order valence-corrected chi connectivity index (χ3v) is 6.33. The van der Waals surface area contributed by atoms with E-state index in [2.05, 4.69) is 10.0 Å². The predicted molar refractivity (Wildman–Crippen MR) is 92.4 cm³/mol. The van der Waals surface area contributed by atoms with Crippen molar-refractivity contribution in [2.24, 2.45) is 0 Å². The van der Waals surface area contributed by atoms with Crippen LogP contribution in [0.15, 0.2) is 29.2 Å². The van der Waals surface area contributed by atoms with Gasteiger partial charge in [0.25, 0.3) is 5.91 Å². The van der Waals surface area contributed by atoms with Crippen molar-refractivity contribution in [1.82, 2.24) is 14.9 Å². The minimum Gasteiger partial charge on any atom is -0.331 e. The number of fused-ring (bicyclic) bond motifs is 2. The van der Waals surface area contributed by atoms with Crippen LogP contribution in [0.4, 0.5) is 0 Å². The van der Waals surface area contributed by atoms with E-state index in [1.54, 1.807) is 26.0 Å². The molecule has 2 fully saturated rings. The van der Waals surface area contributed by atoms with Gasteiger partial charge in [-0.25, -0.2) is 13.1 Å². The molecule has 2 aliphatic rings. The van der Waals surface area contributed by atoms with Crippen LogP contribution in [0.2, 0.25) is 0 Å². The van der Waals surface area contributed by atoms with Crippen molar-refractivity contribution in [3.05, 3.63) is 29.8 Å². The second kappa shape index (κ2) is 6.82. The number of hydrogen-bond acceptors (Lipinski definition) is 4. The molecule has 7 heteroatoms. The van der Waals surface area contributed by atoms with Crippen LogP contribution in [0, 0.1) is 0 Å². The van der Waals surface area contributed by atoms with Crippen molar-refractivity contribution in [1.29, 1.82) is 0 Å². The van der Waals surface area contributed by atoms with Crippen molar-refractivity contribution in [3.63, 3.8) is 0 Å². The lowest BCUT2D eigenvalue weighted by molar-refractivity contribution is 0.0680. The minimum absolute atomic E-state index is 0.0622. The van der Waals surface area contributed by atoms with E-state index in [1.165, 1.54) is 12.1 Å². The third-order valence-electron chi connectivity index (χ3n) is 4.67. The Morgan fingerprint density at radius 2 is 2.00 bits per heavy atom. The molecule has 2 N–H and O–H groups in total. The fourth-order valence-electron chi connectivity index (χ4n) is 3.64. The number of carbonyl (C=O) groups excluding carboxylic acids is 1. The topological polar surface area (TPSA) is 78.5 Å². The lowest BCUT2D eigenvalue weighted by Crippen LogP contribution is -2.42. The molecule has 24 heavy (non-hydrogen) atoms. The summed E-state index contributed by atoms with van der Waals surface area (Å²) in [5.74, 6) is -0.0622. The molecule has 2 bridgehead atoms. The Morgan fingerprint density at radius 3 is 2.75 bits per heavy atom. The second-order valence-electron chi connectivity index (χ2n) is 6.89. The summed E-state index contributed by atoms with van der Waals surface area (Å²) < 4.78 is 27.2. The molecule has 2 atom stereocenters. The van der Waals surface area contributed by atoms with E-state index in [-0.39, 0.29) is 28.9 Å². The van der Waals surface area contributed by atoms with Crippen molar-refractivity contribution in [3.8, 4) is 0 Å². The molecule has 1 amide bonds. The fourth-order valence-corrected chi connectivity index (χ4v) is 4.93. The lowest BCUT2D eigenvalue weighted by Gasteiger charge is -2.28. The molecule has 0 saturated carbocycles. The number of carbonyl (C=O) groups is 1. The summed E-state index contributed by atoms with van der Waals surface area (Å²) in [7, 11) is -3.60. The SMILES string of the molecule is CC(C)NS(=O)(=O)c1cccc(C(=O)N2C3CCNCC2CC3)c1. The van der Waals surface area contributed by atoms with E-state index in [4.69, 9.17) is 0 Å². The molecule has 0 radical (unpaired) electrons. The summed E-state index contributed by atoms with van der Waals surface area (Å²) in [5.41, 5.74) is 0.445. The molecule has 0 spiro atoms. The van der Waals surface area contributed by atoms with E-state index >= 15 is 0 Å². The zero-order valence-corrected chi connectivity index (χ0v) is 15.0. The predicted octanol–water partition coefficient (Wildman–Crippen LogP) is 1.34. The Bertz CT molecular complexity index is 704. The highest BCUT2D eigenvalue weighted by atomic mass is 32.2. The quantitative estimate of drug-likeness (QED) is 0.858. The largest absolute Gasteiger partial charge is 0.331 e. The summed E-state index contributed by atoms with van der Waals surface area (Å²) in [6, 6.07) is 6.63. The third kappa shape index (κ3) is 3.48. The highest BCUT2D eigenvalue weighted by Gasteiger charge is 2.38. The van der Waals surface area contributed by atoms with E-state index in [1.807, 2.05) is 4.90 Å². The van der Waals surface area contributed by atoms with Crippen molar-refractivity contribution >= 4 is 15.9 Å². The highest BCUT2D eigenvalue weighted by Crippen LogP contribution is 2.29. The van der Waals surface area contributed by atoms with Gasteiger partial charge < -0.3 is 10.2 Å². The molecule has 2 unspecified atom stereocenters. The first-order valence-electron chi connectivity index (χ1n) is 8.54. The Labute approximate surface area is 143 Å². The molecular weight excluding hydrogens is 326 g/mol. The van der Waals surface area contributed by atoms with Gasteiger partial charge in [0.2, 0.25) is 10.0 Å². The Balaban J connectivity index is 1.87. The Morgan fingerprint density at radius 1 is 1.25 bits per heavy atom. The average Bonchev–Trinajstić information content (AvgIpc) is 2.78. The van der Waals surface area contributed by atoms with E-state index < -0.39 is 10.0 Å². The minimum atomic E-state index is -3.60. The molecule has 0 aromatic heterocycles. The highest BCUT2D eigenvalue weighted by molar-refractivity contribution is 7.89. The molecule has 2 heterocycles. The smallest absolute Gasteiger partial charge is 0.254 e. The maximum absolute atomic E-state index is 13.0. The van der Waals surface area contributed by atoms with Crippen LogP contribution >= 0.6 is 0 Å². The lowest BCUT2D eigenvalue weighted by atomic mass is 10.1. The maximum atomic E-state index is 13.0. The summed E-state index contributed by atoms with van der Waals surface area (Å²) >= 11 is 0. The Hall–Kier alpha value is -1.44. The summed E-state index contributed by atoms with van der Waals surface area (Å²) in [4.78, 5) is 15.1. The van der Waals surface area contributed by atoms with Gasteiger partial charge in [0.15, 0.2) is 0 Å². The van der Waals surface area contributed by atoms with Gasteiger partial charge in [-0.05, 0) is 57.9 Å². The van der Waals surface area contributed by atoms with E-state index in [9.17, 15) is 13.2 Å². The molecule has 132 valence electrons. The first-order chi connectivity index (χ1) is 11.4. The van der Waals surface area contributed by atoms with Crippen LogP contribution in [0.5, 0.6) is 0 Å². The standard InChI is InChI=1S/C17H25N3O3S/c1-12(2)19-24(22,23)16-5-3-4-13(10-16)17(21)20-14-6-7-15(20)11-18-9-8-14/h3-5,10,12,14-15,18-19H,6-9,11H2,1-2H3. The number of nitrogens with one attached hydrogen (secondary N) is 2. The van der Waals surface area contributed by atoms with Crippen molar-refractivity contribution in [2.75, 3.05) is 13.1 Å². The van der Waals surface area contributed by atoms with Gasteiger partial charge in [-0.15, -0.1) is 0 Å². The molecule has 2 aliphatic heterocycles. The number of sulfonamides is 1. The molecule has 6 nitrogen and oxygen atoms in total. The summed E-state index contributed by atoms with van der Waals surface area (Å²) in [6.45, 7) is 5.29. The van der Waals surface area contributed by atoms with Gasteiger partial charge in [0.1, 0.15) is 0 Å². The zero-order valence-electron chi connectivity index (χ0n) is 14.2. The van der Waals surface area contributed by atoms with Crippen LogP contribution < -0.4 is 10.0 Å². The van der Waals surface area contributed by atoms with Gasteiger partial charge in [-0.2, -0.15) is 0 Å². The molecule has 0 aliphatic carbocycles. The van der Waals surface area contributed by atoms with E-state index in [0.717, 1.165) is 32.4 Å². The van der Waals surface area contributed by atoms with Crippen LogP contribution in [-0.4, -0.2) is 50.4 Å². The number of nitrogens with zero attached hydrogens (tertiary/aromatic N) is 1. The molecule has 2 saturated heterocycles. The molecule has 3 rings (SSSR count). The molecule has 1 aromatic rings. The van der Waals surface area contributed by atoms with Gasteiger partial charge in [-0.3, -0.25) is 4.79 Å². The van der Waals surface area contributed by atoms with Crippen LogP contribution in [0.3, 0.4) is 0 Å². The average molecular weight is 351 g/mol. The number of rotatable bonds is 4. The van der Waals surface area contributed by atoms with Crippen molar-refractivity contribution in [2.45, 2.75) is 56.1 Å². The monoisotopic (exact) mass is 351 g/mol. The van der Waals surface area contributed by atoms with Crippen LogP contribution in [0.1, 0.15) is 43.5 Å². The van der Waals surface area contributed by atoms with Crippen LogP contribution in [-0.2, 0) is 10.0 Å². The summed E-state index contributed by atoms with van der Waals surface area (Å²) in [5, 5.41) is 3.37. The first kappa shape index (κ1) is 17.4. The first-order valence-corrected chi connectivity index (χ1v) is 10.0. The number of hydrogen-bond donors (Lipinski definition) is 2. The number of amides is 1. The van der Waals surface area contributed by atoms with Crippen molar-refractivity contribution < 1.29 is 13.2 Å². The fraction of sp³-hybridized carbons (Fsp3) is 0.588. The van der Waals surface area contributed by atoms with Gasteiger partial charge in [-0.1, -0.05) is 6.07 Å². The maximum Gasteiger partial charge on any atom is 0.254 e. The van der Waals surface area contributed by atoms with Gasteiger partial charge in [0, 0.05) is 30.2 Å². The Kier molecular flexibility index (Phi) is 4.94. The molecule has 1 aromatic carbocycles. The van der Waals surface area contributed by atoms with Gasteiger partial charge >= 0.3 is 0 Å². The summed E-state index contributed by atoms with van der Waals surface area (Å²) in [6.07, 6.45) is 3.00. The van der Waals surface area contributed by atoms with Crippen LogP contribution in [0.25, 0.3) is 0 Å². The normalized spacial score (nSPS) is 24.2. The molecular formula is C17H25N3O3S. The van der Waals surface area contributed by atoms with E-state index in [0.29, 0.717) is 5.56 Å². The van der Waals surface area contributed by atoms with Gasteiger partial charge in [0.05, 0.1) is 4.90 Å². The zero-order chi connectivity index (χ0) is 17.3.